The number of rotatable bonds is 6. The van der Waals surface area contributed by atoms with Crippen LogP contribution in [0, 0.1) is 0 Å². The van der Waals surface area contributed by atoms with Crippen LogP contribution < -0.4 is 9.47 Å². The number of aromatic nitrogens is 1. The quantitative estimate of drug-likeness (QED) is 0.775. The number of nitrogens with zero attached hydrogens (tertiary/aromatic N) is 1. The molecule has 0 saturated carbocycles. The first-order chi connectivity index (χ1) is 8.13. The molecule has 0 radical (unpaired) electrons. The molecule has 2 N–H and O–H groups in total. The van der Waals surface area contributed by atoms with E-state index in [-0.39, 0.29) is 5.88 Å². The molecule has 0 spiro atoms. The standard InChI is InChI=1S/C11H16BrNO4/c1-16-9-4-3-7(11(13-9)17-2)10(15)8(14)5-6-12/h3-4,8,10,14-15H,5-6H2,1-2H3. The number of pyridine rings is 1. The van der Waals surface area contributed by atoms with E-state index in [2.05, 4.69) is 20.9 Å². The van der Waals surface area contributed by atoms with Crippen molar-refractivity contribution in [3.63, 3.8) is 0 Å². The van der Waals surface area contributed by atoms with Crippen LogP contribution in [-0.2, 0) is 0 Å². The molecule has 96 valence electrons. The molecule has 0 fully saturated rings. The molecule has 0 aromatic carbocycles. The number of hydrogen-bond donors (Lipinski definition) is 2. The third-order valence-electron chi connectivity index (χ3n) is 2.35. The lowest BCUT2D eigenvalue weighted by Gasteiger charge is -2.19. The van der Waals surface area contributed by atoms with Gasteiger partial charge in [-0.15, -0.1) is 0 Å². The Hall–Kier alpha value is -0.850. The minimum atomic E-state index is -1.03. The van der Waals surface area contributed by atoms with Gasteiger partial charge < -0.3 is 19.7 Å². The van der Waals surface area contributed by atoms with Gasteiger partial charge in [-0.25, -0.2) is 0 Å². The summed E-state index contributed by atoms with van der Waals surface area (Å²) < 4.78 is 10.0. The fraction of sp³-hybridized carbons (Fsp3) is 0.545. The molecule has 0 aliphatic carbocycles. The van der Waals surface area contributed by atoms with E-state index in [4.69, 9.17) is 9.47 Å². The fourth-order valence-corrected chi connectivity index (χ4v) is 1.88. The predicted octanol–water partition coefficient (Wildman–Crippen LogP) is 1.28. The summed E-state index contributed by atoms with van der Waals surface area (Å²) in [7, 11) is 2.95. The number of aliphatic hydroxyl groups is 2. The lowest BCUT2D eigenvalue weighted by molar-refractivity contribution is 0.0156. The molecular formula is C11H16BrNO4. The van der Waals surface area contributed by atoms with Crippen LogP contribution in [0.4, 0.5) is 0 Å². The molecule has 5 nitrogen and oxygen atoms in total. The number of ether oxygens (including phenoxy) is 2. The van der Waals surface area contributed by atoms with Gasteiger partial charge in [0.05, 0.1) is 20.3 Å². The predicted molar refractivity (Wildman–Crippen MR) is 66.7 cm³/mol. The Balaban J connectivity index is 2.96. The molecule has 0 aliphatic heterocycles. The van der Waals surface area contributed by atoms with Crippen LogP contribution >= 0.6 is 15.9 Å². The van der Waals surface area contributed by atoms with Gasteiger partial charge in [0.1, 0.15) is 6.10 Å². The summed E-state index contributed by atoms with van der Waals surface area (Å²) in [6.07, 6.45) is -1.45. The zero-order valence-corrected chi connectivity index (χ0v) is 11.3. The zero-order valence-electron chi connectivity index (χ0n) is 9.76. The Morgan fingerprint density at radius 3 is 2.53 bits per heavy atom. The SMILES string of the molecule is COc1ccc(C(O)C(O)CCBr)c(OC)n1. The lowest BCUT2D eigenvalue weighted by Crippen LogP contribution is -2.19. The largest absolute Gasteiger partial charge is 0.481 e. The average molecular weight is 306 g/mol. The van der Waals surface area contributed by atoms with Gasteiger partial charge in [0.2, 0.25) is 11.8 Å². The Kier molecular flexibility index (Phi) is 5.67. The van der Waals surface area contributed by atoms with Gasteiger partial charge in [-0.1, -0.05) is 15.9 Å². The van der Waals surface area contributed by atoms with Gasteiger partial charge in [-0.05, 0) is 12.5 Å². The van der Waals surface area contributed by atoms with E-state index in [0.717, 1.165) is 0 Å². The van der Waals surface area contributed by atoms with E-state index < -0.39 is 12.2 Å². The summed E-state index contributed by atoms with van der Waals surface area (Å²) in [4.78, 5) is 4.05. The van der Waals surface area contributed by atoms with Gasteiger partial charge in [0.25, 0.3) is 0 Å². The molecule has 17 heavy (non-hydrogen) atoms. The molecule has 0 saturated heterocycles. The van der Waals surface area contributed by atoms with E-state index in [1.54, 1.807) is 12.1 Å². The van der Waals surface area contributed by atoms with Crippen molar-refractivity contribution in [2.24, 2.45) is 0 Å². The summed E-state index contributed by atoms with van der Waals surface area (Å²) in [5.41, 5.74) is 0.446. The van der Waals surface area contributed by atoms with Crippen LogP contribution in [0.5, 0.6) is 11.8 Å². The van der Waals surface area contributed by atoms with Crippen molar-refractivity contribution >= 4 is 15.9 Å². The number of methoxy groups -OCH3 is 2. The van der Waals surface area contributed by atoms with Crippen molar-refractivity contribution in [3.05, 3.63) is 17.7 Å². The highest BCUT2D eigenvalue weighted by atomic mass is 79.9. The summed E-state index contributed by atoms with van der Waals surface area (Å²) in [5.74, 6) is 0.651. The lowest BCUT2D eigenvalue weighted by atomic mass is 10.0. The minimum Gasteiger partial charge on any atom is -0.481 e. The Morgan fingerprint density at radius 2 is 2.00 bits per heavy atom. The van der Waals surface area contributed by atoms with Crippen LogP contribution in [0.1, 0.15) is 18.1 Å². The van der Waals surface area contributed by atoms with Crippen molar-refractivity contribution in [1.29, 1.82) is 0 Å². The molecule has 1 rings (SSSR count). The maximum absolute atomic E-state index is 9.96. The highest BCUT2D eigenvalue weighted by Gasteiger charge is 2.22. The minimum absolute atomic E-state index is 0.255. The van der Waals surface area contributed by atoms with Gasteiger partial charge in [-0.3, -0.25) is 0 Å². The molecule has 1 heterocycles. The summed E-state index contributed by atoms with van der Waals surface area (Å²) in [5, 5.41) is 20.3. The summed E-state index contributed by atoms with van der Waals surface area (Å²) in [6, 6.07) is 3.24. The molecular weight excluding hydrogens is 290 g/mol. The van der Waals surface area contributed by atoms with Crippen molar-refractivity contribution < 1.29 is 19.7 Å². The average Bonchev–Trinajstić information content (AvgIpc) is 2.37. The van der Waals surface area contributed by atoms with Crippen LogP contribution in [0.3, 0.4) is 0 Å². The van der Waals surface area contributed by atoms with Crippen molar-refractivity contribution in [2.45, 2.75) is 18.6 Å². The van der Waals surface area contributed by atoms with Gasteiger partial charge in [0, 0.05) is 17.0 Å². The number of hydrogen-bond acceptors (Lipinski definition) is 5. The van der Waals surface area contributed by atoms with Crippen molar-refractivity contribution in [3.8, 4) is 11.8 Å². The maximum atomic E-state index is 9.96. The molecule has 1 aromatic rings. The second-order valence-electron chi connectivity index (χ2n) is 3.44. The van der Waals surface area contributed by atoms with E-state index in [0.29, 0.717) is 23.2 Å². The first-order valence-electron chi connectivity index (χ1n) is 5.15. The molecule has 6 heteroatoms. The second kappa shape index (κ2) is 6.78. The number of halogens is 1. The molecule has 2 atom stereocenters. The van der Waals surface area contributed by atoms with E-state index >= 15 is 0 Å². The first kappa shape index (κ1) is 14.2. The number of alkyl halides is 1. The van der Waals surface area contributed by atoms with Crippen LogP contribution in [0.25, 0.3) is 0 Å². The Morgan fingerprint density at radius 1 is 1.29 bits per heavy atom. The number of aliphatic hydroxyl groups excluding tert-OH is 2. The molecule has 0 aliphatic rings. The van der Waals surface area contributed by atoms with Gasteiger partial charge in [0.15, 0.2) is 0 Å². The first-order valence-corrected chi connectivity index (χ1v) is 6.27. The Bertz CT molecular complexity index is 361. The van der Waals surface area contributed by atoms with Crippen LogP contribution in [0.15, 0.2) is 12.1 Å². The van der Waals surface area contributed by atoms with Crippen LogP contribution in [-0.4, -0.2) is 40.9 Å². The smallest absolute Gasteiger partial charge is 0.222 e. The molecule has 2 unspecified atom stereocenters. The highest BCUT2D eigenvalue weighted by molar-refractivity contribution is 9.09. The topological polar surface area (TPSA) is 71.8 Å². The van der Waals surface area contributed by atoms with Gasteiger partial charge in [-0.2, -0.15) is 4.98 Å². The maximum Gasteiger partial charge on any atom is 0.222 e. The fourth-order valence-electron chi connectivity index (χ4n) is 1.41. The van der Waals surface area contributed by atoms with Crippen molar-refractivity contribution in [2.75, 3.05) is 19.5 Å². The highest BCUT2D eigenvalue weighted by Crippen LogP contribution is 2.28. The van der Waals surface area contributed by atoms with Gasteiger partial charge >= 0.3 is 0 Å². The third kappa shape index (κ3) is 3.55. The summed E-state index contributed by atoms with van der Waals surface area (Å²) in [6.45, 7) is 0. The van der Waals surface area contributed by atoms with E-state index in [9.17, 15) is 10.2 Å². The van der Waals surface area contributed by atoms with E-state index in [1.807, 2.05) is 0 Å². The molecule has 1 aromatic heterocycles. The zero-order chi connectivity index (χ0) is 12.8. The Labute approximate surface area is 109 Å². The molecule has 0 bridgehead atoms. The monoisotopic (exact) mass is 305 g/mol. The van der Waals surface area contributed by atoms with E-state index in [1.165, 1.54) is 14.2 Å². The molecule has 0 amide bonds. The van der Waals surface area contributed by atoms with Crippen molar-refractivity contribution in [1.82, 2.24) is 4.98 Å². The summed E-state index contributed by atoms with van der Waals surface area (Å²) >= 11 is 3.21. The second-order valence-corrected chi connectivity index (χ2v) is 4.23. The third-order valence-corrected chi connectivity index (χ3v) is 2.81. The van der Waals surface area contributed by atoms with Crippen LogP contribution in [0.2, 0.25) is 0 Å². The normalized spacial score (nSPS) is 14.2.